The minimum Gasteiger partial charge on any atom is -0.462 e. The van der Waals surface area contributed by atoms with Crippen molar-refractivity contribution in [2.75, 3.05) is 39.6 Å². The van der Waals surface area contributed by atoms with E-state index in [4.69, 9.17) is 37.0 Å². The molecule has 0 bridgehead atoms. The number of esters is 4. The average molecular weight is 1550 g/mol. The van der Waals surface area contributed by atoms with Gasteiger partial charge >= 0.3 is 39.5 Å². The highest BCUT2D eigenvalue weighted by Crippen LogP contribution is 2.45. The summed E-state index contributed by atoms with van der Waals surface area (Å²) < 4.78 is 68.6. The minimum absolute atomic E-state index is 0.0247. The van der Waals surface area contributed by atoms with Crippen molar-refractivity contribution in [1.29, 1.82) is 0 Å². The van der Waals surface area contributed by atoms with Crippen LogP contribution in [0.3, 0.4) is 0 Å². The van der Waals surface area contributed by atoms with Crippen LogP contribution in [0.5, 0.6) is 0 Å². The fourth-order valence-electron chi connectivity index (χ4n) is 10.6. The van der Waals surface area contributed by atoms with Crippen LogP contribution in [-0.4, -0.2) is 96.7 Å². The van der Waals surface area contributed by atoms with Crippen molar-refractivity contribution >= 4 is 39.5 Å². The van der Waals surface area contributed by atoms with Crippen molar-refractivity contribution < 1.29 is 80.2 Å². The first kappa shape index (κ1) is 103. The third kappa shape index (κ3) is 78.8. The molecular weight excluding hydrogens is 1400 g/mol. The zero-order valence-electron chi connectivity index (χ0n) is 67.5. The molecule has 19 heteroatoms. The molecule has 0 aliphatic rings. The van der Waals surface area contributed by atoms with Crippen molar-refractivity contribution in [3.63, 3.8) is 0 Å². The van der Waals surface area contributed by atoms with Gasteiger partial charge in [0.05, 0.1) is 26.4 Å². The number of ether oxygens (including phenoxy) is 4. The fraction of sp³-hybridized carbons (Fsp3) is 0.663. The molecule has 0 saturated heterocycles. The topological polar surface area (TPSA) is 237 Å². The van der Waals surface area contributed by atoms with Crippen molar-refractivity contribution in [1.82, 2.24) is 0 Å². The summed E-state index contributed by atoms with van der Waals surface area (Å²) in [4.78, 5) is 73.1. The van der Waals surface area contributed by atoms with Gasteiger partial charge in [-0.15, -0.1) is 0 Å². The number of phosphoric ester groups is 2. The number of carbonyl (C=O) groups excluding carboxylic acids is 4. The van der Waals surface area contributed by atoms with Crippen LogP contribution in [-0.2, 0) is 65.4 Å². The van der Waals surface area contributed by atoms with Gasteiger partial charge in [-0.05, 0) is 167 Å². The Labute approximate surface area is 655 Å². The van der Waals surface area contributed by atoms with Gasteiger partial charge in [0.2, 0.25) is 0 Å². The van der Waals surface area contributed by atoms with E-state index in [2.05, 4.69) is 167 Å². The van der Waals surface area contributed by atoms with Gasteiger partial charge in [-0.2, -0.15) is 0 Å². The Bertz CT molecular complexity index is 2660. The second-order valence-corrected chi connectivity index (χ2v) is 30.2. The van der Waals surface area contributed by atoms with Crippen LogP contribution in [0, 0.1) is 0 Å². The molecule has 0 aromatic rings. The zero-order chi connectivity index (χ0) is 78.9. The number of phosphoric acid groups is 2. The van der Waals surface area contributed by atoms with E-state index in [0.29, 0.717) is 32.1 Å². The Hall–Kier alpha value is -5.32. The lowest BCUT2D eigenvalue weighted by Crippen LogP contribution is -2.30. The van der Waals surface area contributed by atoms with Crippen molar-refractivity contribution in [3.8, 4) is 0 Å². The number of unbranched alkanes of at least 4 members (excludes halogenated alkanes) is 25. The monoisotopic (exact) mass is 1550 g/mol. The molecule has 0 saturated carbocycles. The predicted octanol–water partition coefficient (Wildman–Crippen LogP) is 24.8. The molecular formula is C89H148O17P2. The molecule has 0 rings (SSSR count). The van der Waals surface area contributed by atoms with E-state index in [1.165, 1.54) is 77.0 Å². The van der Waals surface area contributed by atoms with Gasteiger partial charge in [0.1, 0.15) is 19.3 Å². The van der Waals surface area contributed by atoms with Gasteiger partial charge < -0.3 is 33.8 Å². The fourth-order valence-corrected chi connectivity index (χ4v) is 12.2. The molecule has 0 aliphatic heterocycles. The van der Waals surface area contributed by atoms with Gasteiger partial charge in [-0.1, -0.05) is 288 Å². The number of allylic oxidation sites excluding steroid dienone is 26. The first-order valence-electron chi connectivity index (χ1n) is 41.7. The van der Waals surface area contributed by atoms with E-state index in [9.17, 15) is 43.2 Å². The SMILES string of the molecule is CC/C=C\C/C=C\C/C=C\C/C=C\C/C=C\CCCCCC(=O)O[C@H](COC(=O)CC/C=C\C/C=C\C/C=C\C/C=C\C/C=C\CCCCC)COP(=O)(O)OC[C@@H](O)COP(=O)(O)OC[C@@H](COC(=O)CCCCCCC/C=C\CCCCCCCC)OC(=O)CCCCCCC/C=C\C/C=C\CCCCC. The van der Waals surface area contributed by atoms with Crippen LogP contribution < -0.4 is 0 Å². The summed E-state index contributed by atoms with van der Waals surface area (Å²) in [6, 6.07) is 0. The van der Waals surface area contributed by atoms with Crippen molar-refractivity contribution in [3.05, 3.63) is 158 Å². The number of aliphatic hydroxyl groups excluding tert-OH is 1. The molecule has 108 heavy (non-hydrogen) atoms. The first-order chi connectivity index (χ1) is 52.7. The smallest absolute Gasteiger partial charge is 0.462 e. The second kappa shape index (κ2) is 79.8. The van der Waals surface area contributed by atoms with Crippen LogP contribution >= 0.6 is 15.6 Å². The molecule has 0 heterocycles. The molecule has 0 fully saturated rings. The molecule has 0 radical (unpaired) electrons. The summed E-state index contributed by atoms with van der Waals surface area (Å²) in [5.74, 6) is -2.34. The van der Waals surface area contributed by atoms with Crippen LogP contribution in [0.25, 0.3) is 0 Å². The molecule has 5 atom stereocenters. The number of hydrogen-bond acceptors (Lipinski definition) is 15. The van der Waals surface area contributed by atoms with Crippen LogP contribution in [0.1, 0.15) is 323 Å². The van der Waals surface area contributed by atoms with E-state index in [1.807, 2.05) is 18.2 Å². The van der Waals surface area contributed by atoms with Crippen molar-refractivity contribution in [2.24, 2.45) is 0 Å². The van der Waals surface area contributed by atoms with Crippen LogP contribution in [0.15, 0.2) is 158 Å². The van der Waals surface area contributed by atoms with Gasteiger partial charge in [0.25, 0.3) is 0 Å². The molecule has 0 aliphatic carbocycles. The molecule has 17 nitrogen and oxygen atoms in total. The van der Waals surface area contributed by atoms with E-state index in [-0.39, 0.29) is 25.7 Å². The van der Waals surface area contributed by atoms with E-state index in [0.717, 1.165) is 161 Å². The molecule has 0 spiro atoms. The third-order valence-electron chi connectivity index (χ3n) is 17.0. The molecule has 3 N–H and O–H groups in total. The maximum Gasteiger partial charge on any atom is 0.472 e. The average Bonchev–Trinajstić information content (AvgIpc) is 0.900. The minimum atomic E-state index is -5.01. The Morgan fingerprint density at radius 2 is 0.500 bits per heavy atom. The number of hydrogen-bond donors (Lipinski definition) is 3. The maximum absolute atomic E-state index is 13.1. The largest absolute Gasteiger partial charge is 0.472 e. The molecule has 0 amide bonds. The number of carbonyl (C=O) groups is 4. The molecule has 616 valence electrons. The number of rotatable bonds is 77. The highest BCUT2D eigenvalue weighted by molar-refractivity contribution is 7.47. The lowest BCUT2D eigenvalue weighted by molar-refractivity contribution is -0.161. The van der Waals surface area contributed by atoms with Gasteiger partial charge in [-0.25, -0.2) is 9.13 Å². The Morgan fingerprint density at radius 1 is 0.269 bits per heavy atom. The summed E-state index contributed by atoms with van der Waals surface area (Å²) in [5.41, 5.74) is 0. The third-order valence-corrected chi connectivity index (χ3v) is 18.9. The predicted molar refractivity (Wildman–Crippen MR) is 445 cm³/mol. The highest BCUT2D eigenvalue weighted by atomic mass is 31.2. The summed E-state index contributed by atoms with van der Waals surface area (Å²) in [7, 11) is -10.0. The molecule has 0 aromatic heterocycles. The van der Waals surface area contributed by atoms with E-state index >= 15 is 0 Å². The maximum atomic E-state index is 13.1. The van der Waals surface area contributed by atoms with Crippen molar-refractivity contribution in [2.45, 2.75) is 341 Å². The Kier molecular flexibility index (Phi) is 75.8. The molecule has 2 unspecified atom stereocenters. The summed E-state index contributed by atoms with van der Waals surface area (Å²) in [6.45, 7) is 4.56. The lowest BCUT2D eigenvalue weighted by Gasteiger charge is -2.21. The normalized spacial score (nSPS) is 14.6. The standard InChI is InChI=1S/C89H148O17P2/c1-5-9-13-17-21-25-29-33-37-39-41-43-47-50-54-58-62-66-70-74-87(92)100-80-85(106-89(94)76-72-68-64-60-56-52-48-44-42-40-38-34-30-26-22-18-14-10-6-2)82-104-108(97,98)102-78-83(90)77-101-107(95,96)103-81-84(105-88(93)75-71-67-63-59-55-51-46-36-32-28-24-20-16-12-8-4)79-99-86(91)73-69-65-61-57-53-49-45-35-31-27-23-19-15-11-7-3/h10,14,21-22,24-26,28,33-38,41-46,50,52,54,56,62,66,83-85,90H,5-9,11-13,15-20,23,27,29-32,39-40,47-49,51,53,55,57-61,63-65,67-82H2,1-4H3,(H,95,96)(H,97,98)/b14-10-,25-21-,26-22-,28-24-,37-33-,38-34-,43-41-,44-42-,45-35-,46-36-,54-50-,56-52-,66-62-/t83-,84+,85+/m0/s1. The Balaban J connectivity index is 5.50. The second-order valence-electron chi connectivity index (χ2n) is 27.3. The van der Waals surface area contributed by atoms with Gasteiger partial charge in [0.15, 0.2) is 12.2 Å². The van der Waals surface area contributed by atoms with Gasteiger partial charge in [0, 0.05) is 25.7 Å². The first-order valence-corrected chi connectivity index (χ1v) is 44.7. The lowest BCUT2D eigenvalue weighted by atomic mass is 10.1. The molecule has 0 aromatic carbocycles. The summed E-state index contributed by atoms with van der Waals surface area (Å²) in [5, 5.41) is 10.7. The van der Waals surface area contributed by atoms with E-state index < -0.39 is 97.5 Å². The van der Waals surface area contributed by atoms with E-state index in [1.54, 1.807) is 0 Å². The summed E-state index contributed by atoms with van der Waals surface area (Å²) >= 11 is 0. The number of aliphatic hydroxyl groups is 1. The van der Waals surface area contributed by atoms with Crippen LogP contribution in [0.4, 0.5) is 0 Å². The van der Waals surface area contributed by atoms with Crippen LogP contribution in [0.2, 0.25) is 0 Å². The zero-order valence-corrected chi connectivity index (χ0v) is 69.3. The summed E-state index contributed by atoms with van der Waals surface area (Å²) in [6.07, 6.45) is 93.7. The quantitative estimate of drug-likeness (QED) is 0.0169. The highest BCUT2D eigenvalue weighted by Gasteiger charge is 2.30. The Morgan fingerprint density at radius 3 is 0.833 bits per heavy atom. The van der Waals surface area contributed by atoms with Gasteiger partial charge in [-0.3, -0.25) is 37.3 Å².